The van der Waals surface area contributed by atoms with Crippen molar-refractivity contribution in [3.8, 4) is 0 Å². The molecule has 0 aromatic carbocycles. The Morgan fingerprint density at radius 2 is 1.94 bits per heavy atom. The SMILES string of the molecule is C=C(/C(Cl)=C\C=C/C)[C@]1(N(C)C(=O)OCOC(=O)[C@H](CC(C)C)NC(C)=O)CCCCC1=O. The van der Waals surface area contributed by atoms with Crippen LogP contribution in [-0.4, -0.2) is 54.1 Å². The maximum Gasteiger partial charge on any atom is 0.413 e. The van der Waals surface area contributed by atoms with Gasteiger partial charge in [-0.25, -0.2) is 9.59 Å². The zero-order chi connectivity index (χ0) is 25.2. The number of ether oxygens (including phenoxy) is 2. The first-order valence-electron chi connectivity index (χ1n) is 11.0. The molecule has 1 rings (SSSR count). The molecule has 2 atom stereocenters. The minimum Gasteiger partial charge on any atom is -0.426 e. The number of carbonyl (C=O) groups excluding carboxylic acids is 4. The van der Waals surface area contributed by atoms with E-state index >= 15 is 0 Å². The lowest BCUT2D eigenvalue weighted by Crippen LogP contribution is -2.58. The van der Waals surface area contributed by atoms with E-state index in [0.29, 0.717) is 31.3 Å². The summed E-state index contributed by atoms with van der Waals surface area (Å²) in [5.41, 5.74) is -1.03. The van der Waals surface area contributed by atoms with E-state index in [2.05, 4.69) is 11.9 Å². The third-order valence-electron chi connectivity index (χ3n) is 5.48. The van der Waals surface area contributed by atoms with Crippen LogP contribution >= 0.6 is 11.6 Å². The van der Waals surface area contributed by atoms with Crippen LogP contribution in [0.1, 0.15) is 59.8 Å². The van der Waals surface area contributed by atoms with Crippen molar-refractivity contribution in [3.05, 3.63) is 35.4 Å². The molecule has 0 aromatic rings. The highest BCUT2D eigenvalue weighted by atomic mass is 35.5. The molecular weight excluding hydrogens is 448 g/mol. The maximum absolute atomic E-state index is 13.0. The summed E-state index contributed by atoms with van der Waals surface area (Å²) < 4.78 is 10.2. The standard InChI is InChI=1S/C24H35ClN2O6/c1-7-8-11-19(25)17(4)24(13-10-9-12-21(24)29)27(6)23(31)33-15-32-22(30)20(14-16(2)3)26-18(5)28/h7-8,11,16,20H,4,9-10,12-15H2,1-3,5-6H3,(H,26,28)/b8-7-,19-11+/t20-,24+/m0/s1. The quantitative estimate of drug-likeness (QED) is 0.284. The zero-order valence-electron chi connectivity index (χ0n) is 20.1. The van der Waals surface area contributed by atoms with Crippen LogP contribution in [0, 0.1) is 5.92 Å². The number of Topliss-reactive ketones (excluding diaryl/α,β-unsaturated/α-hetero) is 1. The zero-order valence-corrected chi connectivity index (χ0v) is 20.9. The molecule has 0 heterocycles. The summed E-state index contributed by atoms with van der Waals surface area (Å²) in [7, 11) is 1.44. The van der Waals surface area contributed by atoms with Crippen LogP contribution in [0.15, 0.2) is 35.4 Å². The largest absolute Gasteiger partial charge is 0.426 e. The van der Waals surface area contributed by atoms with Crippen molar-refractivity contribution in [1.29, 1.82) is 0 Å². The number of amides is 2. The van der Waals surface area contributed by atoms with E-state index in [-0.39, 0.29) is 29.1 Å². The molecule has 0 aromatic heterocycles. The Kier molecular flexibility index (Phi) is 11.4. The number of hydrogen-bond acceptors (Lipinski definition) is 6. The molecule has 0 saturated heterocycles. The van der Waals surface area contributed by atoms with Gasteiger partial charge in [0, 0.05) is 25.4 Å². The topological polar surface area (TPSA) is 102 Å². The highest BCUT2D eigenvalue weighted by Gasteiger charge is 2.49. The van der Waals surface area contributed by atoms with Crippen molar-refractivity contribution >= 4 is 35.4 Å². The fourth-order valence-corrected chi connectivity index (χ4v) is 4.02. The molecule has 2 amide bonds. The summed E-state index contributed by atoms with van der Waals surface area (Å²) >= 11 is 6.39. The summed E-state index contributed by atoms with van der Waals surface area (Å²) in [5.74, 6) is -1.12. The van der Waals surface area contributed by atoms with Crippen LogP contribution in [0.3, 0.4) is 0 Å². The van der Waals surface area contributed by atoms with Gasteiger partial charge in [0.15, 0.2) is 5.78 Å². The second-order valence-electron chi connectivity index (χ2n) is 8.44. The van der Waals surface area contributed by atoms with Crippen molar-refractivity contribution in [2.45, 2.75) is 71.4 Å². The summed E-state index contributed by atoms with van der Waals surface area (Å²) in [6.07, 6.45) is 6.70. The fourth-order valence-electron chi connectivity index (χ4n) is 3.79. The number of allylic oxidation sites excluding steroid dienone is 3. The van der Waals surface area contributed by atoms with Crippen LogP contribution in [0.25, 0.3) is 0 Å². The lowest BCUT2D eigenvalue weighted by atomic mass is 9.74. The minimum atomic E-state index is -1.34. The number of nitrogens with zero attached hydrogens (tertiary/aromatic N) is 1. The average molecular weight is 483 g/mol. The number of esters is 1. The van der Waals surface area contributed by atoms with Gasteiger partial charge in [0.2, 0.25) is 12.7 Å². The van der Waals surface area contributed by atoms with Gasteiger partial charge in [-0.15, -0.1) is 0 Å². The molecule has 0 radical (unpaired) electrons. The predicted molar refractivity (Wildman–Crippen MR) is 126 cm³/mol. The molecule has 0 aliphatic heterocycles. The Morgan fingerprint density at radius 1 is 1.27 bits per heavy atom. The molecule has 1 saturated carbocycles. The highest BCUT2D eigenvalue weighted by molar-refractivity contribution is 6.32. The smallest absolute Gasteiger partial charge is 0.413 e. The van der Waals surface area contributed by atoms with E-state index in [1.165, 1.54) is 18.9 Å². The molecule has 0 bridgehead atoms. The first-order valence-corrected chi connectivity index (χ1v) is 11.4. The van der Waals surface area contributed by atoms with Crippen LogP contribution in [-0.2, 0) is 23.9 Å². The second-order valence-corrected chi connectivity index (χ2v) is 8.85. The molecule has 1 aliphatic carbocycles. The Labute approximate surface area is 201 Å². The van der Waals surface area contributed by atoms with Gasteiger partial charge < -0.3 is 14.8 Å². The van der Waals surface area contributed by atoms with Gasteiger partial charge in [0.05, 0.1) is 0 Å². The normalized spacial score (nSPS) is 19.8. The molecule has 184 valence electrons. The number of nitrogens with one attached hydrogen (secondary N) is 1. The molecule has 1 N–H and O–H groups in total. The van der Waals surface area contributed by atoms with E-state index < -0.39 is 30.4 Å². The molecule has 9 heteroatoms. The molecule has 1 fully saturated rings. The summed E-state index contributed by atoms with van der Waals surface area (Å²) in [4.78, 5) is 50.7. The molecule has 1 aliphatic rings. The van der Waals surface area contributed by atoms with Crippen LogP contribution in [0.2, 0.25) is 0 Å². The fraction of sp³-hybridized carbons (Fsp3) is 0.583. The van der Waals surface area contributed by atoms with Gasteiger partial charge in [-0.2, -0.15) is 0 Å². The van der Waals surface area contributed by atoms with E-state index in [1.807, 2.05) is 20.8 Å². The monoisotopic (exact) mass is 482 g/mol. The number of halogens is 1. The maximum atomic E-state index is 13.0. The highest BCUT2D eigenvalue weighted by Crippen LogP contribution is 2.40. The van der Waals surface area contributed by atoms with Gasteiger partial charge in [-0.3, -0.25) is 14.5 Å². The first kappa shape index (κ1) is 28.4. The van der Waals surface area contributed by atoms with Crippen molar-refractivity contribution in [3.63, 3.8) is 0 Å². The molecule has 0 spiro atoms. The molecular formula is C24H35ClN2O6. The van der Waals surface area contributed by atoms with E-state index in [4.69, 9.17) is 21.1 Å². The first-order chi connectivity index (χ1) is 15.5. The van der Waals surface area contributed by atoms with Crippen molar-refractivity contribution < 1.29 is 28.7 Å². The predicted octanol–water partition coefficient (Wildman–Crippen LogP) is 4.24. The van der Waals surface area contributed by atoms with E-state index in [0.717, 1.165) is 0 Å². The summed E-state index contributed by atoms with van der Waals surface area (Å²) in [6.45, 7) is 10.3. The number of rotatable bonds is 10. The van der Waals surface area contributed by atoms with Crippen molar-refractivity contribution in [2.24, 2.45) is 5.92 Å². The van der Waals surface area contributed by atoms with Crippen LogP contribution in [0.5, 0.6) is 0 Å². The third kappa shape index (κ3) is 7.74. The van der Waals surface area contributed by atoms with Crippen LogP contribution in [0.4, 0.5) is 4.79 Å². The van der Waals surface area contributed by atoms with Gasteiger partial charge in [0.25, 0.3) is 0 Å². The lowest BCUT2D eigenvalue weighted by molar-refractivity contribution is -0.157. The van der Waals surface area contributed by atoms with Crippen LogP contribution < -0.4 is 5.32 Å². The number of likely N-dealkylation sites (N-methyl/N-ethyl adjacent to an activating group) is 1. The number of carbonyl (C=O) groups is 4. The Morgan fingerprint density at radius 3 is 2.48 bits per heavy atom. The van der Waals surface area contributed by atoms with Gasteiger partial charge in [0.1, 0.15) is 11.6 Å². The average Bonchev–Trinajstić information content (AvgIpc) is 2.75. The lowest BCUT2D eigenvalue weighted by Gasteiger charge is -2.43. The summed E-state index contributed by atoms with van der Waals surface area (Å²) in [5, 5.41) is 2.80. The molecule has 0 unspecified atom stereocenters. The second kappa shape index (κ2) is 13.2. The van der Waals surface area contributed by atoms with Crippen molar-refractivity contribution in [1.82, 2.24) is 10.2 Å². The third-order valence-corrected chi connectivity index (χ3v) is 5.83. The Bertz CT molecular complexity index is 820. The number of ketones is 1. The van der Waals surface area contributed by atoms with Crippen molar-refractivity contribution in [2.75, 3.05) is 13.8 Å². The van der Waals surface area contributed by atoms with Gasteiger partial charge >= 0.3 is 12.1 Å². The summed E-state index contributed by atoms with van der Waals surface area (Å²) in [6, 6.07) is -0.847. The minimum absolute atomic E-state index is 0.131. The van der Waals surface area contributed by atoms with Gasteiger partial charge in [-0.05, 0) is 50.2 Å². The van der Waals surface area contributed by atoms with E-state index in [1.54, 1.807) is 18.2 Å². The Balaban J connectivity index is 2.93. The van der Waals surface area contributed by atoms with Gasteiger partial charge in [-0.1, -0.05) is 44.2 Å². The molecule has 33 heavy (non-hydrogen) atoms. The molecule has 8 nitrogen and oxygen atoms in total. The number of hydrogen-bond donors (Lipinski definition) is 1. The Hall–Kier alpha value is -2.61. The van der Waals surface area contributed by atoms with E-state index in [9.17, 15) is 19.2 Å².